The summed E-state index contributed by atoms with van der Waals surface area (Å²) >= 11 is 13.6. The van der Waals surface area contributed by atoms with E-state index in [1.165, 1.54) is 17.4 Å². The molecule has 0 spiro atoms. The topological polar surface area (TPSA) is 38.1 Å². The fraction of sp³-hybridized carbons (Fsp3) is 0.250. The number of rotatable bonds is 6. The van der Waals surface area contributed by atoms with Crippen LogP contribution >= 0.6 is 34.5 Å². The van der Waals surface area contributed by atoms with E-state index in [2.05, 4.69) is 11.7 Å². The Labute approximate surface area is 149 Å². The smallest absolute Gasteiger partial charge is 0.247 e. The molecule has 0 atom stereocenters. The Kier molecular flexibility index (Phi) is 6.04. The second kappa shape index (κ2) is 7.81. The van der Waals surface area contributed by atoms with E-state index >= 15 is 0 Å². The fourth-order valence-electron chi connectivity index (χ4n) is 2.11. The van der Waals surface area contributed by atoms with Gasteiger partial charge in [-0.3, -0.25) is 9.48 Å². The van der Waals surface area contributed by atoms with Crippen molar-refractivity contribution in [3.8, 4) is 0 Å². The molecule has 0 aliphatic carbocycles. The van der Waals surface area contributed by atoms with Crippen molar-refractivity contribution in [1.82, 2.24) is 14.7 Å². The van der Waals surface area contributed by atoms with Crippen LogP contribution in [0, 0.1) is 6.92 Å². The number of carbonyl (C=O) groups is 1. The van der Waals surface area contributed by atoms with Crippen LogP contribution in [0.15, 0.2) is 30.9 Å². The number of aromatic nitrogens is 2. The lowest BCUT2D eigenvalue weighted by atomic mass is 10.2. The van der Waals surface area contributed by atoms with E-state index in [0.29, 0.717) is 22.6 Å². The third-order valence-electron chi connectivity index (χ3n) is 3.23. The van der Waals surface area contributed by atoms with Gasteiger partial charge in [-0.1, -0.05) is 29.3 Å². The lowest BCUT2D eigenvalue weighted by molar-refractivity contribution is -0.126. The summed E-state index contributed by atoms with van der Waals surface area (Å²) < 4.78 is 2.29. The minimum absolute atomic E-state index is 0.117. The molecule has 2 aromatic heterocycles. The Morgan fingerprint density at radius 2 is 2.22 bits per heavy atom. The molecule has 2 aromatic rings. The summed E-state index contributed by atoms with van der Waals surface area (Å²) in [7, 11) is 1.76. The van der Waals surface area contributed by atoms with Crippen molar-refractivity contribution in [2.45, 2.75) is 13.5 Å². The summed E-state index contributed by atoms with van der Waals surface area (Å²) in [6.45, 7) is 6.51. The van der Waals surface area contributed by atoms with Crippen LogP contribution in [0.25, 0.3) is 6.08 Å². The number of halogens is 2. The van der Waals surface area contributed by atoms with Crippen molar-refractivity contribution >= 4 is 46.5 Å². The molecular formula is C16H17Cl2N3OS. The Morgan fingerprint density at radius 3 is 2.74 bits per heavy atom. The molecule has 4 nitrogen and oxygen atoms in total. The fourth-order valence-corrected chi connectivity index (χ4v) is 3.45. The maximum atomic E-state index is 12.4. The van der Waals surface area contributed by atoms with Gasteiger partial charge < -0.3 is 4.90 Å². The molecule has 0 saturated heterocycles. The van der Waals surface area contributed by atoms with Crippen LogP contribution in [0.4, 0.5) is 0 Å². The van der Waals surface area contributed by atoms with Crippen LogP contribution in [-0.4, -0.2) is 27.1 Å². The molecular weight excluding hydrogens is 353 g/mol. The highest BCUT2D eigenvalue weighted by Crippen LogP contribution is 2.23. The summed E-state index contributed by atoms with van der Waals surface area (Å²) in [5, 5.41) is 4.73. The highest BCUT2D eigenvalue weighted by atomic mass is 35.5. The van der Waals surface area contributed by atoms with Crippen molar-refractivity contribution in [2.75, 3.05) is 6.54 Å². The van der Waals surface area contributed by atoms with Gasteiger partial charge in [0.2, 0.25) is 5.91 Å². The molecule has 0 bridgehead atoms. The lowest BCUT2D eigenvalue weighted by Crippen LogP contribution is -2.28. The van der Waals surface area contributed by atoms with E-state index in [9.17, 15) is 4.79 Å². The first kappa shape index (κ1) is 17.8. The highest BCUT2D eigenvalue weighted by Gasteiger charge is 2.13. The molecule has 2 heterocycles. The van der Waals surface area contributed by atoms with Crippen molar-refractivity contribution in [3.63, 3.8) is 0 Å². The molecule has 0 aliphatic rings. The van der Waals surface area contributed by atoms with Crippen LogP contribution < -0.4 is 0 Å². The van der Waals surface area contributed by atoms with Gasteiger partial charge in [0.15, 0.2) is 0 Å². The van der Waals surface area contributed by atoms with E-state index in [-0.39, 0.29) is 5.91 Å². The van der Waals surface area contributed by atoms with Crippen molar-refractivity contribution in [3.05, 3.63) is 56.5 Å². The average Bonchev–Trinajstić information content (AvgIpc) is 3.01. The van der Waals surface area contributed by atoms with Gasteiger partial charge in [0.05, 0.1) is 16.6 Å². The summed E-state index contributed by atoms with van der Waals surface area (Å²) in [6.07, 6.45) is 4.91. The van der Waals surface area contributed by atoms with Crippen molar-refractivity contribution < 1.29 is 4.79 Å². The zero-order valence-electron chi connectivity index (χ0n) is 12.9. The number of thiophene rings is 1. The molecule has 0 aromatic carbocycles. The van der Waals surface area contributed by atoms with Gasteiger partial charge in [-0.05, 0) is 25.1 Å². The molecule has 23 heavy (non-hydrogen) atoms. The maximum absolute atomic E-state index is 12.4. The number of amides is 1. The maximum Gasteiger partial charge on any atom is 0.247 e. The number of hydrogen-bond acceptors (Lipinski definition) is 3. The number of carbonyl (C=O) groups excluding carboxylic acids is 1. The van der Waals surface area contributed by atoms with E-state index in [1.807, 2.05) is 19.1 Å². The first-order valence-corrected chi connectivity index (χ1v) is 8.50. The minimum atomic E-state index is -0.117. The highest BCUT2D eigenvalue weighted by molar-refractivity contribution is 7.16. The molecule has 2 rings (SSSR count). The van der Waals surface area contributed by atoms with E-state index in [4.69, 9.17) is 23.2 Å². The Hall–Kier alpha value is -1.56. The second-order valence-electron chi connectivity index (χ2n) is 4.96. The van der Waals surface area contributed by atoms with Crippen LogP contribution in [0.3, 0.4) is 0 Å². The molecule has 7 heteroatoms. The van der Waals surface area contributed by atoms with Crippen LogP contribution in [0.2, 0.25) is 9.49 Å². The zero-order valence-corrected chi connectivity index (χ0v) is 15.3. The first-order valence-electron chi connectivity index (χ1n) is 6.93. The molecule has 0 aliphatic heterocycles. The van der Waals surface area contributed by atoms with Gasteiger partial charge in [0, 0.05) is 30.1 Å². The van der Waals surface area contributed by atoms with Gasteiger partial charge in [-0.15, -0.1) is 17.9 Å². The Balaban J connectivity index is 2.14. The standard InChI is InChI=1S/C16H17Cl2N3OS/c1-4-9-21(10-12-5-7-14(17)23-12)15(22)8-6-13-11(2)19-20(3)16(13)18/h4-8H,1,9-10H2,2-3H3/b8-6+. The summed E-state index contributed by atoms with van der Waals surface area (Å²) in [4.78, 5) is 15.1. The molecule has 0 radical (unpaired) electrons. The van der Waals surface area contributed by atoms with E-state index in [1.54, 1.807) is 28.8 Å². The largest absolute Gasteiger partial charge is 0.330 e. The summed E-state index contributed by atoms with van der Waals surface area (Å²) in [5.74, 6) is -0.117. The molecule has 0 saturated carbocycles. The molecule has 0 N–H and O–H groups in total. The first-order chi connectivity index (χ1) is 10.9. The monoisotopic (exact) mass is 369 g/mol. The van der Waals surface area contributed by atoms with E-state index in [0.717, 1.165) is 16.1 Å². The van der Waals surface area contributed by atoms with Gasteiger partial charge in [0.1, 0.15) is 5.15 Å². The molecule has 122 valence electrons. The SMILES string of the molecule is C=CCN(Cc1ccc(Cl)s1)C(=O)/C=C/c1c(C)nn(C)c1Cl. The van der Waals surface area contributed by atoms with Gasteiger partial charge in [-0.2, -0.15) is 5.10 Å². The quantitative estimate of drug-likeness (QED) is 0.561. The predicted molar refractivity (Wildman–Crippen MR) is 96.9 cm³/mol. The van der Waals surface area contributed by atoms with Gasteiger partial charge >= 0.3 is 0 Å². The molecule has 0 fully saturated rings. The second-order valence-corrected chi connectivity index (χ2v) is 7.12. The molecule has 1 amide bonds. The summed E-state index contributed by atoms with van der Waals surface area (Å²) in [5.41, 5.74) is 1.53. The summed E-state index contributed by atoms with van der Waals surface area (Å²) in [6, 6.07) is 3.74. The third kappa shape index (κ3) is 4.47. The minimum Gasteiger partial charge on any atom is -0.330 e. The van der Waals surface area contributed by atoms with Crippen molar-refractivity contribution in [1.29, 1.82) is 0 Å². The number of nitrogens with zero attached hydrogens (tertiary/aromatic N) is 3. The Bertz CT molecular complexity index is 749. The normalized spacial score (nSPS) is 11.1. The lowest BCUT2D eigenvalue weighted by Gasteiger charge is -2.18. The number of hydrogen-bond donors (Lipinski definition) is 0. The Morgan fingerprint density at radius 1 is 1.48 bits per heavy atom. The van der Waals surface area contributed by atoms with Crippen molar-refractivity contribution in [2.24, 2.45) is 7.05 Å². The average molecular weight is 370 g/mol. The van der Waals surface area contributed by atoms with Gasteiger partial charge in [0.25, 0.3) is 0 Å². The van der Waals surface area contributed by atoms with E-state index < -0.39 is 0 Å². The van der Waals surface area contributed by atoms with Crippen LogP contribution in [0.5, 0.6) is 0 Å². The predicted octanol–water partition coefficient (Wildman–Crippen LogP) is 4.32. The number of aryl methyl sites for hydroxylation is 2. The third-order valence-corrected chi connectivity index (χ3v) is 4.89. The van der Waals surface area contributed by atoms with Gasteiger partial charge in [-0.25, -0.2) is 0 Å². The zero-order chi connectivity index (χ0) is 17.0. The molecule has 0 unspecified atom stereocenters. The van der Waals surface area contributed by atoms with Crippen LogP contribution in [-0.2, 0) is 18.4 Å². The van der Waals surface area contributed by atoms with Crippen LogP contribution in [0.1, 0.15) is 16.1 Å².